The molecule has 4 nitrogen and oxygen atoms in total. The van der Waals surface area contributed by atoms with Crippen molar-refractivity contribution < 1.29 is 19.1 Å². The van der Waals surface area contributed by atoms with Gasteiger partial charge in [0.2, 0.25) is 0 Å². The van der Waals surface area contributed by atoms with E-state index in [9.17, 15) is 9.59 Å². The van der Waals surface area contributed by atoms with E-state index >= 15 is 0 Å². The van der Waals surface area contributed by atoms with Crippen molar-refractivity contribution in [3.05, 3.63) is 42.0 Å². The predicted octanol–water partition coefficient (Wildman–Crippen LogP) is 2.00. The minimum Gasteiger partial charge on any atom is -0.496 e. The normalized spacial score (nSPS) is 9.53. The van der Waals surface area contributed by atoms with Crippen LogP contribution < -0.4 is 4.74 Å². The maximum atomic E-state index is 12.0. The van der Waals surface area contributed by atoms with E-state index in [-0.39, 0.29) is 18.0 Å². The molecule has 0 N–H and O–H groups in total. The Morgan fingerprint density at radius 1 is 1.29 bits per heavy atom. The summed E-state index contributed by atoms with van der Waals surface area (Å²) in [7, 11) is 1.49. The van der Waals surface area contributed by atoms with E-state index in [1.807, 2.05) is 0 Å². The van der Waals surface area contributed by atoms with Gasteiger partial charge in [-0.15, -0.1) is 0 Å². The van der Waals surface area contributed by atoms with Crippen molar-refractivity contribution in [2.24, 2.45) is 0 Å². The molecule has 17 heavy (non-hydrogen) atoms. The number of ether oxygens (including phenoxy) is 2. The minimum absolute atomic E-state index is 0.105. The molecule has 90 valence electrons. The summed E-state index contributed by atoms with van der Waals surface area (Å²) < 4.78 is 9.79. The zero-order chi connectivity index (χ0) is 12.8. The van der Waals surface area contributed by atoms with Crippen molar-refractivity contribution in [2.75, 3.05) is 13.7 Å². The van der Waals surface area contributed by atoms with Crippen LogP contribution >= 0.6 is 0 Å². The van der Waals surface area contributed by atoms with Gasteiger partial charge in [-0.3, -0.25) is 9.59 Å². The molecule has 0 aliphatic heterocycles. The standard InChI is InChI=1S/C13H14O4/c1-9(8-17-10(2)14)13(15)11-6-4-5-7-12(11)16-3/h4-7H,1,8H2,2-3H3. The fourth-order valence-electron chi connectivity index (χ4n) is 1.28. The highest BCUT2D eigenvalue weighted by atomic mass is 16.5. The van der Waals surface area contributed by atoms with Crippen LogP contribution in [-0.2, 0) is 9.53 Å². The Hall–Kier alpha value is -2.10. The Bertz CT molecular complexity index is 448. The molecule has 0 saturated heterocycles. The molecule has 0 fully saturated rings. The molecule has 0 saturated carbocycles. The Kier molecular flexibility index (Phi) is 4.46. The Morgan fingerprint density at radius 2 is 1.94 bits per heavy atom. The molecular formula is C13H14O4. The van der Waals surface area contributed by atoms with Gasteiger partial charge in [0.05, 0.1) is 12.7 Å². The third kappa shape index (κ3) is 3.45. The number of carbonyl (C=O) groups excluding carboxylic acids is 2. The van der Waals surface area contributed by atoms with Gasteiger partial charge in [0.25, 0.3) is 0 Å². The predicted molar refractivity (Wildman–Crippen MR) is 63.1 cm³/mol. The van der Waals surface area contributed by atoms with Gasteiger partial charge in [-0.25, -0.2) is 0 Å². The highest BCUT2D eigenvalue weighted by molar-refractivity contribution is 6.10. The van der Waals surface area contributed by atoms with Crippen LogP contribution in [0.4, 0.5) is 0 Å². The largest absolute Gasteiger partial charge is 0.496 e. The average molecular weight is 234 g/mol. The van der Waals surface area contributed by atoms with Crippen molar-refractivity contribution in [1.82, 2.24) is 0 Å². The number of esters is 1. The van der Waals surface area contributed by atoms with Crippen LogP contribution in [0.5, 0.6) is 5.75 Å². The number of benzene rings is 1. The SMILES string of the molecule is C=C(COC(C)=O)C(=O)c1ccccc1OC. The fourth-order valence-corrected chi connectivity index (χ4v) is 1.28. The number of hydrogen-bond donors (Lipinski definition) is 0. The molecule has 0 aliphatic rings. The minimum atomic E-state index is -0.445. The summed E-state index contributed by atoms with van der Waals surface area (Å²) in [5.41, 5.74) is 0.622. The first-order chi connectivity index (χ1) is 8.06. The van der Waals surface area contributed by atoms with Crippen molar-refractivity contribution in [2.45, 2.75) is 6.92 Å². The molecule has 1 aromatic carbocycles. The number of para-hydroxylation sites is 1. The highest BCUT2D eigenvalue weighted by Gasteiger charge is 2.15. The van der Waals surface area contributed by atoms with E-state index in [0.29, 0.717) is 11.3 Å². The maximum Gasteiger partial charge on any atom is 0.302 e. The Morgan fingerprint density at radius 3 is 2.53 bits per heavy atom. The van der Waals surface area contributed by atoms with Crippen molar-refractivity contribution in [3.63, 3.8) is 0 Å². The number of hydrogen-bond acceptors (Lipinski definition) is 4. The van der Waals surface area contributed by atoms with Gasteiger partial charge in [-0.1, -0.05) is 18.7 Å². The fraction of sp³-hybridized carbons (Fsp3) is 0.231. The first-order valence-corrected chi connectivity index (χ1v) is 5.05. The summed E-state index contributed by atoms with van der Waals surface area (Å²) in [6.45, 7) is 4.77. The third-order valence-corrected chi connectivity index (χ3v) is 2.12. The molecular weight excluding hydrogens is 220 g/mol. The summed E-state index contributed by atoms with van der Waals surface area (Å²) in [6.07, 6.45) is 0. The lowest BCUT2D eigenvalue weighted by molar-refractivity contribution is -0.139. The molecule has 0 spiro atoms. The first kappa shape index (κ1) is 13.0. The number of methoxy groups -OCH3 is 1. The average Bonchev–Trinajstić information content (AvgIpc) is 2.34. The van der Waals surface area contributed by atoms with Gasteiger partial charge in [0.1, 0.15) is 12.4 Å². The smallest absolute Gasteiger partial charge is 0.302 e. The third-order valence-electron chi connectivity index (χ3n) is 2.12. The Balaban J connectivity index is 2.81. The van der Waals surface area contributed by atoms with Gasteiger partial charge in [0, 0.05) is 12.5 Å². The molecule has 4 heteroatoms. The lowest BCUT2D eigenvalue weighted by Crippen LogP contribution is -2.11. The molecule has 0 bridgehead atoms. The molecule has 1 rings (SSSR count). The molecule has 0 aliphatic carbocycles. The van der Waals surface area contributed by atoms with Crippen LogP contribution in [0.2, 0.25) is 0 Å². The lowest BCUT2D eigenvalue weighted by Gasteiger charge is -2.08. The van der Waals surface area contributed by atoms with Crippen LogP contribution in [0.3, 0.4) is 0 Å². The van der Waals surface area contributed by atoms with Gasteiger partial charge in [0.15, 0.2) is 5.78 Å². The second-order valence-electron chi connectivity index (χ2n) is 3.41. The first-order valence-electron chi connectivity index (χ1n) is 5.05. The summed E-state index contributed by atoms with van der Waals surface area (Å²) in [4.78, 5) is 22.6. The topological polar surface area (TPSA) is 52.6 Å². The second-order valence-corrected chi connectivity index (χ2v) is 3.41. The number of ketones is 1. The van der Waals surface area contributed by atoms with Crippen molar-refractivity contribution in [1.29, 1.82) is 0 Å². The van der Waals surface area contributed by atoms with Gasteiger partial charge in [-0.2, -0.15) is 0 Å². The van der Waals surface area contributed by atoms with E-state index < -0.39 is 5.97 Å². The number of rotatable bonds is 5. The van der Waals surface area contributed by atoms with Crippen molar-refractivity contribution >= 4 is 11.8 Å². The van der Waals surface area contributed by atoms with E-state index in [1.165, 1.54) is 14.0 Å². The van der Waals surface area contributed by atoms with Gasteiger partial charge >= 0.3 is 5.97 Å². The van der Waals surface area contributed by atoms with E-state index in [1.54, 1.807) is 24.3 Å². The lowest BCUT2D eigenvalue weighted by atomic mass is 10.0. The molecule has 0 amide bonds. The number of carbonyl (C=O) groups is 2. The number of Topliss-reactive ketones (excluding diaryl/α,β-unsaturated/α-hetero) is 1. The molecule has 0 atom stereocenters. The van der Waals surface area contributed by atoms with Crippen LogP contribution in [0.1, 0.15) is 17.3 Å². The molecule has 0 radical (unpaired) electrons. The second kappa shape index (κ2) is 5.84. The quantitative estimate of drug-likeness (QED) is 0.444. The summed E-state index contributed by atoms with van der Waals surface area (Å²) >= 11 is 0. The van der Waals surface area contributed by atoms with Crippen LogP contribution in [0, 0.1) is 0 Å². The summed E-state index contributed by atoms with van der Waals surface area (Å²) in [5, 5.41) is 0. The van der Waals surface area contributed by atoms with Crippen LogP contribution in [-0.4, -0.2) is 25.5 Å². The Labute approximate surface area is 99.8 Å². The summed E-state index contributed by atoms with van der Waals surface area (Å²) in [6, 6.07) is 6.83. The zero-order valence-corrected chi connectivity index (χ0v) is 9.86. The van der Waals surface area contributed by atoms with E-state index in [2.05, 4.69) is 6.58 Å². The van der Waals surface area contributed by atoms with E-state index in [4.69, 9.17) is 9.47 Å². The highest BCUT2D eigenvalue weighted by Crippen LogP contribution is 2.20. The van der Waals surface area contributed by atoms with E-state index in [0.717, 1.165) is 0 Å². The van der Waals surface area contributed by atoms with Crippen LogP contribution in [0.15, 0.2) is 36.4 Å². The zero-order valence-electron chi connectivity index (χ0n) is 9.86. The van der Waals surface area contributed by atoms with Gasteiger partial charge in [-0.05, 0) is 12.1 Å². The summed E-state index contributed by atoms with van der Waals surface area (Å²) in [5.74, 6) is -0.260. The van der Waals surface area contributed by atoms with Crippen LogP contribution in [0.25, 0.3) is 0 Å². The molecule has 0 aromatic heterocycles. The maximum absolute atomic E-state index is 12.0. The molecule has 1 aromatic rings. The van der Waals surface area contributed by atoms with Gasteiger partial charge < -0.3 is 9.47 Å². The molecule has 0 heterocycles. The van der Waals surface area contributed by atoms with Crippen molar-refractivity contribution in [3.8, 4) is 5.75 Å². The monoisotopic (exact) mass is 234 g/mol. The molecule has 0 unspecified atom stereocenters.